The number of benzene rings is 1. The number of alkyl carbamates (subject to hydrolysis) is 1. The molecule has 1 aromatic carbocycles. The molecule has 1 amide bonds. The fourth-order valence-electron chi connectivity index (χ4n) is 1.37. The molecule has 0 spiro atoms. The highest BCUT2D eigenvalue weighted by Gasteiger charge is 2.16. The number of rotatable bonds is 3. The average molecular weight is 332 g/mol. The molecule has 0 aliphatic heterocycles. The van der Waals surface area contributed by atoms with Gasteiger partial charge in [0.2, 0.25) is 0 Å². The first-order valence-corrected chi connectivity index (χ1v) is 6.54. The molecule has 0 unspecified atom stereocenters. The molecule has 0 aliphatic rings. The second-order valence-corrected chi connectivity index (χ2v) is 5.84. The number of aromatic hydroxyl groups is 1. The third kappa shape index (κ3) is 4.98. The Labute approximate surface area is 121 Å². The lowest BCUT2D eigenvalue weighted by molar-refractivity contribution is 0.0523. The predicted molar refractivity (Wildman–Crippen MR) is 75.4 cm³/mol. The number of methoxy groups -OCH3 is 1. The van der Waals surface area contributed by atoms with Gasteiger partial charge < -0.3 is 19.9 Å². The molecule has 0 aliphatic carbocycles. The van der Waals surface area contributed by atoms with E-state index in [4.69, 9.17) is 9.47 Å². The molecule has 0 aromatic heterocycles. The van der Waals surface area contributed by atoms with Crippen molar-refractivity contribution in [3.63, 3.8) is 0 Å². The van der Waals surface area contributed by atoms with Gasteiger partial charge in [-0.25, -0.2) is 4.79 Å². The Bertz CT molecular complexity index is 468. The number of ether oxygens (including phenoxy) is 2. The van der Waals surface area contributed by atoms with Gasteiger partial charge >= 0.3 is 6.09 Å². The standard InChI is InChI=1S/C13H18BrNO4/c1-13(2,3)19-12(17)15-7-8-5-9(14)11(16)10(6-8)18-4/h5-6,16H,7H2,1-4H3,(H,15,17). The van der Waals surface area contributed by atoms with Crippen molar-refractivity contribution in [1.82, 2.24) is 5.32 Å². The molecule has 0 atom stereocenters. The van der Waals surface area contributed by atoms with E-state index in [-0.39, 0.29) is 12.3 Å². The lowest BCUT2D eigenvalue weighted by atomic mass is 10.2. The zero-order valence-corrected chi connectivity index (χ0v) is 13.0. The number of hydrogen-bond acceptors (Lipinski definition) is 4. The highest BCUT2D eigenvalue weighted by molar-refractivity contribution is 9.10. The van der Waals surface area contributed by atoms with Crippen molar-refractivity contribution in [2.24, 2.45) is 0 Å². The summed E-state index contributed by atoms with van der Waals surface area (Å²) < 4.78 is 10.7. The molecule has 5 nitrogen and oxygen atoms in total. The number of carbonyl (C=O) groups is 1. The number of nitrogens with one attached hydrogen (secondary N) is 1. The lowest BCUT2D eigenvalue weighted by Crippen LogP contribution is -2.32. The van der Waals surface area contributed by atoms with Gasteiger partial charge in [0.1, 0.15) is 5.60 Å². The molecular weight excluding hydrogens is 314 g/mol. The van der Waals surface area contributed by atoms with Crippen LogP contribution in [-0.2, 0) is 11.3 Å². The summed E-state index contributed by atoms with van der Waals surface area (Å²) in [5.74, 6) is 0.374. The van der Waals surface area contributed by atoms with Crippen molar-refractivity contribution >= 4 is 22.0 Å². The molecule has 0 radical (unpaired) electrons. The normalized spacial score (nSPS) is 11.0. The first kappa shape index (κ1) is 15.6. The quantitative estimate of drug-likeness (QED) is 0.892. The van der Waals surface area contributed by atoms with Gasteiger partial charge in [0.05, 0.1) is 11.6 Å². The van der Waals surface area contributed by atoms with Crippen LogP contribution in [-0.4, -0.2) is 23.9 Å². The molecule has 6 heteroatoms. The summed E-state index contributed by atoms with van der Waals surface area (Å²) in [6.45, 7) is 5.68. The van der Waals surface area contributed by atoms with Gasteiger partial charge in [-0.2, -0.15) is 0 Å². The van der Waals surface area contributed by atoms with Crippen LogP contribution >= 0.6 is 15.9 Å². The summed E-state index contributed by atoms with van der Waals surface area (Å²) in [5.41, 5.74) is 0.254. The number of phenolic OH excluding ortho intramolecular Hbond substituents is 1. The Morgan fingerprint density at radius 1 is 1.42 bits per heavy atom. The van der Waals surface area contributed by atoms with E-state index in [1.165, 1.54) is 7.11 Å². The first-order chi connectivity index (χ1) is 8.73. The van der Waals surface area contributed by atoms with E-state index in [1.54, 1.807) is 32.9 Å². The zero-order chi connectivity index (χ0) is 14.6. The van der Waals surface area contributed by atoms with Crippen LogP contribution in [0, 0.1) is 0 Å². The summed E-state index contributed by atoms with van der Waals surface area (Å²) in [7, 11) is 1.46. The molecule has 0 saturated heterocycles. The molecule has 19 heavy (non-hydrogen) atoms. The number of phenols is 1. The van der Waals surface area contributed by atoms with Gasteiger partial charge in [-0.05, 0) is 54.4 Å². The van der Waals surface area contributed by atoms with E-state index >= 15 is 0 Å². The Hall–Kier alpha value is -1.43. The van der Waals surface area contributed by atoms with Gasteiger partial charge in [-0.1, -0.05) is 0 Å². The zero-order valence-electron chi connectivity index (χ0n) is 11.4. The minimum Gasteiger partial charge on any atom is -0.503 e. The maximum atomic E-state index is 11.5. The Balaban J connectivity index is 2.68. The van der Waals surface area contributed by atoms with Crippen LogP contribution in [0.15, 0.2) is 16.6 Å². The fraction of sp³-hybridized carbons (Fsp3) is 0.462. The van der Waals surface area contributed by atoms with Crippen molar-refractivity contribution in [3.8, 4) is 11.5 Å². The van der Waals surface area contributed by atoms with Gasteiger partial charge in [-0.3, -0.25) is 0 Å². The van der Waals surface area contributed by atoms with Crippen molar-refractivity contribution in [1.29, 1.82) is 0 Å². The average Bonchev–Trinajstić information content (AvgIpc) is 2.28. The molecule has 2 N–H and O–H groups in total. The van der Waals surface area contributed by atoms with Crippen LogP contribution in [0.3, 0.4) is 0 Å². The van der Waals surface area contributed by atoms with Gasteiger partial charge in [0.15, 0.2) is 11.5 Å². The summed E-state index contributed by atoms with van der Waals surface area (Å²) >= 11 is 3.22. The monoisotopic (exact) mass is 331 g/mol. The van der Waals surface area contributed by atoms with Crippen LogP contribution < -0.4 is 10.1 Å². The van der Waals surface area contributed by atoms with Crippen molar-refractivity contribution in [2.45, 2.75) is 32.9 Å². The molecule has 0 bridgehead atoms. The Morgan fingerprint density at radius 2 is 2.05 bits per heavy atom. The number of halogens is 1. The molecule has 1 rings (SSSR count). The highest BCUT2D eigenvalue weighted by Crippen LogP contribution is 2.35. The van der Waals surface area contributed by atoms with Crippen molar-refractivity contribution < 1.29 is 19.4 Å². The minimum absolute atomic E-state index is 0.0310. The Morgan fingerprint density at radius 3 is 2.58 bits per heavy atom. The SMILES string of the molecule is COc1cc(CNC(=O)OC(C)(C)C)cc(Br)c1O. The maximum absolute atomic E-state index is 11.5. The number of amides is 1. The van der Waals surface area contributed by atoms with Crippen LogP contribution in [0.2, 0.25) is 0 Å². The molecular formula is C13H18BrNO4. The van der Waals surface area contributed by atoms with E-state index < -0.39 is 11.7 Å². The van der Waals surface area contributed by atoms with Crippen LogP contribution in [0.5, 0.6) is 11.5 Å². The van der Waals surface area contributed by atoms with E-state index in [2.05, 4.69) is 21.2 Å². The minimum atomic E-state index is -0.530. The van der Waals surface area contributed by atoms with Crippen LogP contribution in [0.25, 0.3) is 0 Å². The lowest BCUT2D eigenvalue weighted by Gasteiger charge is -2.19. The van der Waals surface area contributed by atoms with E-state index in [1.807, 2.05) is 0 Å². The van der Waals surface area contributed by atoms with Crippen LogP contribution in [0.4, 0.5) is 4.79 Å². The number of carbonyl (C=O) groups excluding carboxylic acids is 1. The summed E-state index contributed by atoms with van der Waals surface area (Å²) in [5, 5.41) is 12.3. The van der Waals surface area contributed by atoms with Gasteiger partial charge in [-0.15, -0.1) is 0 Å². The van der Waals surface area contributed by atoms with Crippen molar-refractivity contribution in [3.05, 3.63) is 22.2 Å². The first-order valence-electron chi connectivity index (χ1n) is 5.75. The smallest absolute Gasteiger partial charge is 0.407 e. The Kier molecular flexibility index (Phi) is 5.05. The second kappa shape index (κ2) is 6.14. The van der Waals surface area contributed by atoms with E-state index in [0.29, 0.717) is 10.2 Å². The summed E-state index contributed by atoms with van der Waals surface area (Å²) in [6, 6.07) is 3.35. The molecule has 0 saturated carbocycles. The largest absolute Gasteiger partial charge is 0.503 e. The third-order valence-electron chi connectivity index (χ3n) is 2.14. The third-order valence-corrected chi connectivity index (χ3v) is 2.75. The molecule has 0 heterocycles. The van der Waals surface area contributed by atoms with Gasteiger partial charge in [0.25, 0.3) is 0 Å². The second-order valence-electron chi connectivity index (χ2n) is 4.98. The molecule has 0 fully saturated rings. The molecule has 1 aromatic rings. The fourth-order valence-corrected chi connectivity index (χ4v) is 1.86. The van der Waals surface area contributed by atoms with E-state index in [0.717, 1.165) is 5.56 Å². The topological polar surface area (TPSA) is 67.8 Å². The van der Waals surface area contributed by atoms with Crippen molar-refractivity contribution in [2.75, 3.05) is 7.11 Å². The maximum Gasteiger partial charge on any atom is 0.407 e. The van der Waals surface area contributed by atoms with Gasteiger partial charge in [0, 0.05) is 6.54 Å². The molecule has 106 valence electrons. The highest BCUT2D eigenvalue weighted by atomic mass is 79.9. The predicted octanol–water partition coefficient (Wildman–Crippen LogP) is 3.19. The van der Waals surface area contributed by atoms with Crippen LogP contribution in [0.1, 0.15) is 26.3 Å². The number of hydrogen-bond donors (Lipinski definition) is 2. The van der Waals surface area contributed by atoms with E-state index in [9.17, 15) is 9.90 Å². The summed E-state index contributed by atoms with van der Waals surface area (Å²) in [6.07, 6.45) is -0.490. The summed E-state index contributed by atoms with van der Waals surface area (Å²) in [4.78, 5) is 11.5.